The maximum atomic E-state index is 13.5. The molecule has 0 bridgehead atoms. The molecule has 8 heteroatoms. The lowest BCUT2D eigenvalue weighted by atomic mass is 10.1. The van der Waals surface area contributed by atoms with E-state index in [0.29, 0.717) is 34.3 Å². The third-order valence-electron chi connectivity index (χ3n) is 4.52. The van der Waals surface area contributed by atoms with Crippen molar-refractivity contribution >= 4 is 52.1 Å². The minimum Gasteiger partial charge on any atom is -0.493 e. The van der Waals surface area contributed by atoms with Gasteiger partial charge in [-0.3, -0.25) is 0 Å². The second kappa shape index (κ2) is 9.70. The molecule has 0 saturated heterocycles. The first-order valence-corrected chi connectivity index (χ1v) is 10.9. The molecule has 1 heterocycles. The molecule has 3 aromatic carbocycles. The van der Waals surface area contributed by atoms with E-state index >= 15 is 0 Å². The van der Waals surface area contributed by atoms with E-state index in [1.165, 1.54) is 18.2 Å². The quantitative estimate of drug-likeness (QED) is 0.209. The molecule has 0 atom stereocenters. The molecule has 0 fully saturated rings. The Morgan fingerprint density at radius 3 is 2.72 bits per heavy atom. The van der Waals surface area contributed by atoms with Gasteiger partial charge in [-0.1, -0.05) is 29.8 Å². The van der Waals surface area contributed by atoms with Crippen molar-refractivity contribution in [2.75, 3.05) is 7.11 Å². The van der Waals surface area contributed by atoms with Gasteiger partial charge in [0, 0.05) is 10.6 Å². The summed E-state index contributed by atoms with van der Waals surface area (Å²) in [6.07, 6.45) is 1.58. The highest BCUT2D eigenvalue weighted by atomic mass is 127. The summed E-state index contributed by atoms with van der Waals surface area (Å²) in [4.78, 5) is 16.5. The fraction of sp³-hybridized carbons (Fsp3) is 0.0833. The van der Waals surface area contributed by atoms with Crippen LogP contribution in [0, 0.1) is 9.39 Å². The summed E-state index contributed by atoms with van der Waals surface area (Å²) < 4.78 is 30.9. The average molecular weight is 564 g/mol. The van der Waals surface area contributed by atoms with Gasteiger partial charge in [0.2, 0.25) is 5.90 Å². The van der Waals surface area contributed by atoms with Crippen LogP contribution in [-0.2, 0) is 16.1 Å². The van der Waals surface area contributed by atoms with Crippen molar-refractivity contribution in [1.82, 2.24) is 0 Å². The number of cyclic esters (lactones) is 1. The Morgan fingerprint density at radius 2 is 1.97 bits per heavy atom. The minimum atomic E-state index is -0.612. The van der Waals surface area contributed by atoms with Crippen molar-refractivity contribution in [3.8, 4) is 11.5 Å². The molecule has 32 heavy (non-hydrogen) atoms. The Morgan fingerprint density at radius 1 is 1.16 bits per heavy atom. The molecule has 1 aliphatic rings. The van der Waals surface area contributed by atoms with Gasteiger partial charge in [-0.05, 0) is 82.3 Å². The van der Waals surface area contributed by atoms with E-state index in [9.17, 15) is 9.18 Å². The summed E-state index contributed by atoms with van der Waals surface area (Å²) in [5.74, 6) is 0.0920. The van der Waals surface area contributed by atoms with Crippen molar-refractivity contribution in [1.29, 1.82) is 0 Å². The van der Waals surface area contributed by atoms with Gasteiger partial charge < -0.3 is 14.2 Å². The van der Waals surface area contributed by atoms with Crippen molar-refractivity contribution in [2.45, 2.75) is 6.61 Å². The highest BCUT2D eigenvalue weighted by Gasteiger charge is 2.24. The van der Waals surface area contributed by atoms with E-state index in [0.717, 1.165) is 9.13 Å². The number of hydrogen-bond donors (Lipinski definition) is 0. The lowest BCUT2D eigenvalue weighted by Gasteiger charge is -2.14. The monoisotopic (exact) mass is 563 g/mol. The van der Waals surface area contributed by atoms with Crippen molar-refractivity contribution in [2.24, 2.45) is 4.99 Å². The van der Waals surface area contributed by atoms with E-state index in [2.05, 4.69) is 27.6 Å². The Hall–Kier alpha value is -2.91. The van der Waals surface area contributed by atoms with Crippen molar-refractivity contribution < 1.29 is 23.4 Å². The molecule has 0 amide bonds. The maximum absolute atomic E-state index is 13.5. The number of ether oxygens (including phenoxy) is 3. The van der Waals surface area contributed by atoms with E-state index < -0.39 is 11.8 Å². The van der Waals surface area contributed by atoms with Crippen molar-refractivity contribution in [3.63, 3.8) is 0 Å². The van der Waals surface area contributed by atoms with Crippen LogP contribution in [0.2, 0.25) is 5.02 Å². The molecule has 162 valence electrons. The smallest absolute Gasteiger partial charge is 0.363 e. The molecule has 4 rings (SSSR count). The second-order valence-electron chi connectivity index (χ2n) is 6.80. The zero-order chi connectivity index (χ0) is 22.7. The van der Waals surface area contributed by atoms with Crippen LogP contribution in [-0.4, -0.2) is 19.0 Å². The van der Waals surface area contributed by atoms with Gasteiger partial charge >= 0.3 is 5.97 Å². The number of benzene rings is 3. The van der Waals surface area contributed by atoms with Crippen LogP contribution in [0.4, 0.5) is 4.39 Å². The van der Waals surface area contributed by atoms with Gasteiger partial charge in [-0.2, -0.15) is 0 Å². The van der Waals surface area contributed by atoms with Crippen LogP contribution < -0.4 is 9.47 Å². The number of carbonyl (C=O) groups is 1. The average Bonchev–Trinajstić information content (AvgIpc) is 3.13. The van der Waals surface area contributed by atoms with Gasteiger partial charge in [0.25, 0.3) is 0 Å². The summed E-state index contributed by atoms with van der Waals surface area (Å²) in [6, 6.07) is 16.7. The first-order chi connectivity index (χ1) is 15.4. The molecule has 1 aliphatic heterocycles. The Labute approximate surface area is 202 Å². The highest BCUT2D eigenvalue weighted by Crippen LogP contribution is 2.35. The zero-order valence-electron chi connectivity index (χ0n) is 16.8. The van der Waals surface area contributed by atoms with Gasteiger partial charge in [-0.25, -0.2) is 14.2 Å². The summed E-state index contributed by atoms with van der Waals surface area (Å²) in [5, 5.41) is 0.636. The third-order valence-corrected chi connectivity index (χ3v) is 5.56. The van der Waals surface area contributed by atoms with Gasteiger partial charge in [0.1, 0.15) is 12.4 Å². The van der Waals surface area contributed by atoms with E-state index in [4.69, 9.17) is 25.8 Å². The molecule has 0 unspecified atom stereocenters. The Balaban J connectivity index is 1.59. The van der Waals surface area contributed by atoms with E-state index in [1.807, 2.05) is 24.3 Å². The van der Waals surface area contributed by atoms with E-state index in [1.54, 1.807) is 31.4 Å². The predicted octanol–water partition coefficient (Wildman–Crippen LogP) is 6.02. The number of halogens is 3. The molecular formula is C24H16ClFINO4. The molecule has 3 aromatic rings. The number of aliphatic imine (C=N–C) groups is 1. The largest absolute Gasteiger partial charge is 0.493 e. The van der Waals surface area contributed by atoms with E-state index in [-0.39, 0.29) is 11.6 Å². The first-order valence-electron chi connectivity index (χ1n) is 9.46. The molecule has 0 spiro atoms. The van der Waals surface area contributed by atoms with Crippen LogP contribution in [0.5, 0.6) is 11.5 Å². The predicted molar refractivity (Wildman–Crippen MR) is 129 cm³/mol. The fourth-order valence-electron chi connectivity index (χ4n) is 3.06. The van der Waals surface area contributed by atoms with Gasteiger partial charge in [0.05, 0.1) is 10.7 Å². The summed E-state index contributed by atoms with van der Waals surface area (Å²) in [7, 11) is 1.54. The minimum absolute atomic E-state index is 0.0592. The molecule has 5 nitrogen and oxygen atoms in total. The number of nitrogens with zero attached hydrogens (tertiary/aromatic N) is 1. The van der Waals surface area contributed by atoms with Crippen LogP contribution in [0.15, 0.2) is 71.4 Å². The standard InChI is InChI=1S/C24H16ClFINO4/c1-30-21-11-15(9-19(27)22(21)31-13-14-4-2-6-17(25)8-14)10-20-24(29)32-23(28-20)16-5-3-7-18(26)12-16/h2-12H,13H2,1H3/b20-10-. The van der Waals surface area contributed by atoms with Crippen LogP contribution >= 0.6 is 34.2 Å². The number of rotatable bonds is 6. The summed E-state index contributed by atoms with van der Waals surface area (Å²) in [5.41, 5.74) is 2.10. The normalized spacial score (nSPS) is 14.3. The molecule has 0 saturated carbocycles. The molecule has 0 N–H and O–H groups in total. The van der Waals surface area contributed by atoms with Crippen LogP contribution in [0.1, 0.15) is 16.7 Å². The van der Waals surface area contributed by atoms with Gasteiger partial charge in [0.15, 0.2) is 17.2 Å². The number of esters is 1. The second-order valence-corrected chi connectivity index (χ2v) is 8.40. The van der Waals surface area contributed by atoms with Gasteiger partial charge in [-0.15, -0.1) is 0 Å². The third kappa shape index (κ3) is 5.11. The number of hydrogen-bond acceptors (Lipinski definition) is 5. The Kier molecular flexibility index (Phi) is 6.76. The van der Waals surface area contributed by atoms with Crippen molar-refractivity contribution in [3.05, 3.63) is 97.5 Å². The lowest BCUT2D eigenvalue weighted by molar-refractivity contribution is -0.129. The molecular weight excluding hydrogens is 548 g/mol. The zero-order valence-corrected chi connectivity index (χ0v) is 19.7. The molecule has 0 aliphatic carbocycles. The molecule has 0 aromatic heterocycles. The summed E-state index contributed by atoms with van der Waals surface area (Å²) >= 11 is 8.17. The summed E-state index contributed by atoms with van der Waals surface area (Å²) in [6.45, 7) is 0.320. The topological polar surface area (TPSA) is 57.1 Å². The van der Waals surface area contributed by atoms with Crippen LogP contribution in [0.25, 0.3) is 6.08 Å². The van der Waals surface area contributed by atoms with Crippen LogP contribution in [0.3, 0.4) is 0 Å². The lowest BCUT2D eigenvalue weighted by Crippen LogP contribution is -2.05. The number of methoxy groups -OCH3 is 1. The fourth-order valence-corrected chi connectivity index (χ4v) is 4.05. The Bertz CT molecular complexity index is 1260. The maximum Gasteiger partial charge on any atom is 0.363 e. The highest BCUT2D eigenvalue weighted by molar-refractivity contribution is 14.1. The number of carbonyl (C=O) groups excluding carboxylic acids is 1. The SMILES string of the molecule is COc1cc(/C=C2\N=C(c3cccc(F)c3)OC2=O)cc(I)c1OCc1cccc(Cl)c1. The molecule has 0 radical (unpaired) electrons. The first kappa shape index (κ1) is 22.3.